The summed E-state index contributed by atoms with van der Waals surface area (Å²) in [5, 5.41) is 2.03. The number of benzene rings is 1. The molecule has 0 unspecified atom stereocenters. The van der Waals surface area contributed by atoms with Gasteiger partial charge in [-0.15, -0.1) is 11.3 Å². The third-order valence-electron chi connectivity index (χ3n) is 3.51. The van der Waals surface area contributed by atoms with Gasteiger partial charge in [-0.1, -0.05) is 12.1 Å². The fourth-order valence-corrected chi connectivity index (χ4v) is 3.26. The van der Waals surface area contributed by atoms with Gasteiger partial charge in [-0.3, -0.25) is 0 Å². The normalized spacial score (nSPS) is 10.8. The molecule has 3 aromatic rings. The van der Waals surface area contributed by atoms with Gasteiger partial charge in [-0.05, 0) is 42.1 Å². The van der Waals surface area contributed by atoms with Crippen molar-refractivity contribution in [2.75, 3.05) is 13.7 Å². The zero-order valence-corrected chi connectivity index (χ0v) is 13.4. The van der Waals surface area contributed by atoms with E-state index >= 15 is 0 Å². The Morgan fingerprint density at radius 2 is 2.00 bits per heavy atom. The molecule has 4 nitrogen and oxygen atoms in total. The summed E-state index contributed by atoms with van der Waals surface area (Å²) in [5.74, 6) is 0.543. The quantitative estimate of drug-likeness (QED) is 0.670. The zero-order valence-electron chi connectivity index (χ0n) is 12.5. The minimum absolute atomic E-state index is 0.278. The average molecular weight is 315 g/mol. The molecule has 5 heteroatoms. The topological polar surface area (TPSA) is 40.5 Å². The van der Waals surface area contributed by atoms with Gasteiger partial charge >= 0.3 is 5.97 Å². The summed E-state index contributed by atoms with van der Waals surface area (Å²) in [4.78, 5) is 12.2. The van der Waals surface area contributed by atoms with Gasteiger partial charge in [0, 0.05) is 6.54 Å². The second kappa shape index (κ2) is 6.23. The third kappa shape index (κ3) is 2.72. The molecule has 114 valence electrons. The van der Waals surface area contributed by atoms with Crippen LogP contribution >= 0.6 is 11.3 Å². The molecule has 2 aromatic heterocycles. The van der Waals surface area contributed by atoms with E-state index in [4.69, 9.17) is 9.47 Å². The molecule has 0 spiro atoms. The van der Waals surface area contributed by atoms with Crippen LogP contribution in [0.1, 0.15) is 23.0 Å². The molecule has 0 saturated carbocycles. The lowest BCUT2D eigenvalue weighted by molar-refractivity contribution is 0.0515. The highest BCUT2D eigenvalue weighted by atomic mass is 32.1. The summed E-state index contributed by atoms with van der Waals surface area (Å²) in [6.45, 7) is 2.82. The minimum Gasteiger partial charge on any atom is -0.497 e. The maximum Gasteiger partial charge on any atom is 0.355 e. The van der Waals surface area contributed by atoms with Crippen LogP contribution in [0.15, 0.2) is 41.8 Å². The lowest BCUT2D eigenvalue weighted by Gasteiger charge is -2.10. The second-order valence-corrected chi connectivity index (χ2v) is 5.80. The second-order valence-electron chi connectivity index (χ2n) is 4.85. The van der Waals surface area contributed by atoms with Gasteiger partial charge in [0.05, 0.1) is 23.9 Å². The van der Waals surface area contributed by atoms with Crippen LogP contribution in [0.4, 0.5) is 0 Å². The number of fused-ring (bicyclic) bond motifs is 1. The van der Waals surface area contributed by atoms with Crippen LogP contribution in [0, 0.1) is 0 Å². The van der Waals surface area contributed by atoms with E-state index in [2.05, 4.69) is 0 Å². The van der Waals surface area contributed by atoms with E-state index in [1.54, 1.807) is 18.4 Å². The predicted molar refractivity (Wildman–Crippen MR) is 87.9 cm³/mol. The van der Waals surface area contributed by atoms with Crippen molar-refractivity contribution in [1.29, 1.82) is 0 Å². The Morgan fingerprint density at radius 1 is 1.23 bits per heavy atom. The number of rotatable bonds is 5. The molecule has 2 heterocycles. The van der Waals surface area contributed by atoms with E-state index in [0.717, 1.165) is 21.5 Å². The average Bonchev–Trinajstić information content (AvgIpc) is 3.11. The summed E-state index contributed by atoms with van der Waals surface area (Å²) >= 11 is 1.63. The van der Waals surface area contributed by atoms with E-state index in [9.17, 15) is 4.79 Å². The van der Waals surface area contributed by atoms with Gasteiger partial charge in [0.2, 0.25) is 0 Å². The van der Waals surface area contributed by atoms with Gasteiger partial charge in [0.1, 0.15) is 11.4 Å². The van der Waals surface area contributed by atoms with Crippen molar-refractivity contribution in [3.63, 3.8) is 0 Å². The first kappa shape index (κ1) is 14.7. The Morgan fingerprint density at radius 3 is 2.68 bits per heavy atom. The largest absolute Gasteiger partial charge is 0.497 e. The number of aromatic nitrogens is 1. The molecule has 0 bridgehead atoms. The van der Waals surface area contributed by atoms with Crippen LogP contribution in [0.3, 0.4) is 0 Å². The van der Waals surface area contributed by atoms with Crippen LogP contribution in [0.2, 0.25) is 0 Å². The van der Waals surface area contributed by atoms with Crippen LogP contribution in [0.25, 0.3) is 10.2 Å². The highest BCUT2D eigenvalue weighted by Crippen LogP contribution is 2.27. The Hall–Kier alpha value is -2.27. The van der Waals surface area contributed by atoms with Crippen LogP contribution in [-0.4, -0.2) is 24.3 Å². The SMILES string of the molecule is CCOC(=O)c1cc2sccc2n1Cc1ccc(OC)cc1. The molecular weight excluding hydrogens is 298 g/mol. The van der Waals surface area contributed by atoms with Gasteiger partial charge in [0.15, 0.2) is 0 Å². The third-order valence-corrected chi connectivity index (χ3v) is 4.36. The van der Waals surface area contributed by atoms with Crippen LogP contribution in [-0.2, 0) is 11.3 Å². The smallest absolute Gasteiger partial charge is 0.355 e. The lowest BCUT2D eigenvalue weighted by atomic mass is 10.2. The first-order valence-electron chi connectivity index (χ1n) is 7.09. The van der Waals surface area contributed by atoms with Crippen molar-refractivity contribution in [3.05, 3.63) is 53.0 Å². The minimum atomic E-state index is -0.278. The summed E-state index contributed by atoms with van der Waals surface area (Å²) in [6, 6.07) is 11.8. The van der Waals surface area contributed by atoms with Crippen molar-refractivity contribution in [2.45, 2.75) is 13.5 Å². The molecule has 0 N–H and O–H groups in total. The number of methoxy groups -OCH3 is 1. The Kier molecular flexibility index (Phi) is 4.15. The fraction of sp³-hybridized carbons (Fsp3) is 0.235. The molecule has 0 saturated heterocycles. The number of ether oxygens (including phenoxy) is 2. The molecule has 0 aliphatic heterocycles. The number of carbonyl (C=O) groups is 1. The molecule has 0 aliphatic carbocycles. The fourth-order valence-electron chi connectivity index (χ4n) is 2.44. The van der Waals surface area contributed by atoms with Crippen molar-refractivity contribution in [2.24, 2.45) is 0 Å². The monoisotopic (exact) mass is 315 g/mol. The summed E-state index contributed by atoms with van der Waals surface area (Å²) in [6.07, 6.45) is 0. The van der Waals surface area contributed by atoms with E-state index in [1.165, 1.54) is 0 Å². The van der Waals surface area contributed by atoms with Gasteiger partial charge < -0.3 is 14.0 Å². The van der Waals surface area contributed by atoms with Gasteiger partial charge in [0.25, 0.3) is 0 Å². The van der Waals surface area contributed by atoms with E-state index in [1.807, 2.05) is 53.3 Å². The Labute approximate surface area is 132 Å². The van der Waals surface area contributed by atoms with Gasteiger partial charge in [-0.25, -0.2) is 4.79 Å². The van der Waals surface area contributed by atoms with Crippen LogP contribution in [0.5, 0.6) is 5.75 Å². The van der Waals surface area contributed by atoms with Crippen molar-refractivity contribution < 1.29 is 14.3 Å². The first-order chi connectivity index (χ1) is 10.7. The molecule has 0 atom stereocenters. The summed E-state index contributed by atoms with van der Waals surface area (Å²) in [7, 11) is 1.65. The Balaban J connectivity index is 1.98. The Bertz CT molecular complexity index is 786. The van der Waals surface area contributed by atoms with Crippen LogP contribution < -0.4 is 4.74 Å². The highest BCUT2D eigenvalue weighted by Gasteiger charge is 2.17. The van der Waals surface area contributed by atoms with E-state index in [-0.39, 0.29) is 5.97 Å². The number of carbonyl (C=O) groups excluding carboxylic acids is 1. The molecule has 0 fully saturated rings. The maximum atomic E-state index is 12.2. The molecular formula is C17H17NO3S. The van der Waals surface area contributed by atoms with Crippen molar-refractivity contribution in [1.82, 2.24) is 4.57 Å². The van der Waals surface area contributed by atoms with Gasteiger partial charge in [-0.2, -0.15) is 0 Å². The van der Waals surface area contributed by atoms with Crippen molar-refractivity contribution >= 4 is 27.5 Å². The number of hydrogen-bond donors (Lipinski definition) is 0. The zero-order chi connectivity index (χ0) is 15.5. The summed E-state index contributed by atoms with van der Waals surface area (Å²) in [5.41, 5.74) is 2.76. The molecule has 22 heavy (non-hydrogen) atoms. The van der Waals surface area contributed by atoms with E-state index < -0.39 is 0 Å². The molecule has 1 aromatic carbocycles. The maximum absolute atomic E-state index is 12.2. The number of esters is 1. The number of thiophene rings is 1. The van der Waals surface area contributed by atoms with E-state index in [0.29, 0.717) is 18.8 Å². The molecule has 0 aliphatic rings. The molecule has 3 rings (SSSR count). The van der Waals surface area contributed by atoms with Crippen molar-refractivity contribution in [3.8, 4) is 5.75 Å². The number of hydrogen-bond acceptors (Lipinski definition) is 4. The summed E-state index contributed by atoms with van der Waals surface area (Å²) < 4.78 is 13.4. The first-order valence-corrected chi connectivity index (χ1v) is 7.97. The standard InChI is InChI=1S/C17H17NO3S/c1-3-21-17(19)15-10-16-14(8-9-22-16)18(15)11-12-4-6-13(20-2)7-5-12/h4-10H,3,11H2,1-2H3. The highest BCUT2D eigenvalue weighted by molar-refractivity contribution is 7.17. The molecule has 0 radical (unpaired) electrons. The number of nitrogens with zero attached hydrogens (tertiary/aromatic N) is 1. The molecule has 0 amide bonds. The predicted octanol–water partition coefficient (Wildman–Crippen LogP) is 3.94. The lowest BCUT2D eigenvalue weighted by Crippen LogP contribution is -2.12.